The second-order valence-electron chi connectivity index (χ2n) is 6.45. The lowest BCUT2D eigenvalue weighted by Crippen LogP contribution is -2.39. The van der Waals surface area contributed by atoms with E-state index in [4.69, 9.17) is 0 Å². The van der Waals surface area contributed by atoms with Crippen molar-refractivity contribution in [3.63, 3.8) is 0 Å². The van der Waals surface area contributed by atoms with Crippen LogP contribution in [0.3, 0.4) is 0 Å². The Morgan fingerprint density at radius 2 is 2.17 bits per heavy atom. The lowest BCUT2D eigenvalue weighted by molar-refractivity contribution is -0.131. The maximum atomic E-state index is 12.8. The predicted octanol–water partition coefficient (Wildman–Crippen LogP) is 2.82. The number of aromatic nitrogens is 3. The van der Waals surface area contributed by atoms with Crippen LogP contribution < -0.4 is 0 Å². The smallest absolute Gasteiger partial charge is 0.227 e. The number of hydrogen-bond donors (Lipinski definition) is 1. The van der Waals surface area contributed by atoms with Crippen molar-refractivity contribution in [3.8, 4) is 0 Å². The van der Waals surface area contributed by atoms with E-state index in [1.165, 1.54) is 10.9 Å². The van der Waals surface area contributed by atoms with Crippen LogP contribution in [0.5, 0.6) is 0 Å². The van der Waals surface area contributed by atoms with E-state index < -0.39 is 0 Å². The third-order valence-electron chi connectivity index (χ3n) is 5.05. The lowest BCUT2D eigenvalue weighted by Gasteiger charge is -2.28. The summed E-state index contributed by atoms with van der Waals surface area (Å²) in [6.45, 7) is 6.41. The number of carbonyl (C=O) groups is 1. The Kier molecular flexibility index (Phi) is 3.63. The zero-order chi connectivity index (χ0) is 16.7. The summed E-state index contributed by atoms with van der Waals surface area (Å²) in [5.74, 6) is 1.21. The van der Waals surface area contributed by atoms with E-state index >= 15 is 0 Å². The highest BCUT2D eigenvalue weighted by Gasteiger charge is 2.22. The monoisotopic (exact) mass is 322 g/mol. The standard InChI is InChI=1S/C19H22N4O/c1-3-14-5-4-6-17-15(10-21-19(14)17)9-18(24)22-7-8-23-13(2)20-11-16(23)12-22/h4-6,10-11,21H,3,7-9,12H2,1-2H3. The lowest BCUT2D eigenvalue weighted by atomic mass is 10.0. The molecular formula is C19H22N4O. The van der Waals surface area contributed by atoms with Gasteiger partial charge in [-0.15, -0.1) is 0 Å². The van der Waals surface area contributed by atoms with Gasteiger partial charge >= 0.3 is 0 Å². The van der Waals surface area contributed by atoms with E-state index in [1.807, 2.05) is 24.2 Å². The van der Waals surface area contributed by atoms with E-state index in [9.17, 15) is 4.79 Å². The van der Waals surface area contributed by atoms with Crippen molar-refractivity contribution in [2.75, 3.05) is 6.54 Å². The number of nitrogens with one attached hydrogen (secondary N) is 1. The zero-order valence-corrected chi connectivity index (χ0v) is 14.2. The van der Waals surface area contributed by atoms with Crippen molar-refractivity contribution in [1.29, 1.82) is 0 Å². The fraction of sp³-hybridized carbons (Fsp3) is 0.368. The molecule has 3 aromatic rings. The summed E-state index contributed by atoms with van der Waals surface area (Å²) in [6, 6.07) is 6.31. The number of carbonyl (C=O) groups excluding carboxylic acids is 1. The van der Waals surface area contributed by atoms with E-state index in [2.05, 4.69) is 39.7 Å². The highest BCUT2D eigenvalue weighted by molar-refractivity contribution is 5.90. The van der Waals surface area contributed by atoms with Crippen LogP contribution in [0, 0.1) is 6.92 Å². The van der Waals surface area contributed by atoms with Crippen molar-refractivity contribution in [3.05, 3.63) is 53.2 Å². The molecule has 1 aliphatic rings. The number of imidazole rings is 1. The molecule has 0 radical (unpaired) electrons. The minimum absolute atomic E-state index is 0.183. The number of para-hydroxylation sites is 1. The molecule has 1 amide bonds. The average molecular weight is 322 g/mol. The van der Waals surface area contributed by atoms with Gasteiger partial charge in [-0.1, -0.05) is 25.1 Å². The molecule has 24 heavy (non-hydrogen) atoms. The van der Waals surface area contributed by atoms with E-state index in [1.54, 1.807) is 0 Å². The Hall–Kier alpha value is -2.56. The van der Waals surface area contributed by atoms with Crippen molar-refractivity contribution in [1.82, 2.24) is 19.4 Å². The molecule has 5 heteroatoms. The largest absolute Gasteiger partial charge is 0.361 e. The van der Waals surface area contributed by atoms with Crippen molar-refractivity contribution >= 4 is 16.8 Å². The molecule has 0 bridgehead atoms. The summed E-state index contributed by atoms with van der Waals surface area (Å²) >= 11 is 0. The highest BCUT2D eigenvalue weighted by atomic mass is 16.2. The van der Waals surface area contributed by atoms with Gasteiger partial charge in [0, 0.05) is 30.2 Å². The number of hydrogen-bond acceptors (Lipinski definition) is 2. The van der Waals surface area contributed by atoms with Gasteiger partial charge in [-0.05, 0) is 24.5 Å². The average Bonchev–Trinajstić information content (AvgIpc) is 3.18. The van der Waals surface area contributed by atoms with Gasteiger partial charge in [0.1, 0.15) is 5.82 Å². The van der Waals surface area contributed by atoms with Gasteiger partial charge in [0.2, 0.25) is 5.91 Å². The third-order valence-corrected chi connectivity index (χ3v) is 5.05. The maximum absolute atomic E-state index is 12.8. The van der Waals surface area contributed by atoms with Crippen molar-refractivity contribution in [2.24, 2.45) is 0 Å². The number of H-pyrrole nitrogens is 1. The van der Waals surface area contributed by atoms with Crippen LogP contribution >= 0.6 is 0 Å². The summed E-state index contributed by atoms with van der Waals surface area (Å²) in [4.78, 5) is 22.4. The number of nitrogens with zero attached hydrogens (tertiary/aromatic N) is 3. The molecular weight excluding hydrogens is 300 g/mol. The molecule has 4 rings (SSSR count). The van der Waals surface area contributed by atoms with Crippen LogP contribution in [-0.4, -0.2) is 31.9 Å². The van der Waals surface area contributed by atoms with Gasteiger partial charge in [0.15, 0.2) is 0 Å². The van der Waals surface area contributed by atoms with Gasteiger partial charge < -0.3 is 14.5 Å². The van der Waals surface area contributed by atoms with Crippen molar-refractivity contribution < 1.29 is 4.79 Å². The van der Waals surface area contributed by atoms with Gasteiger partial charge in [-0.3, -0.25) is 4.79 Å². The SMILES string of the molecule is CCc1cccc2c(CC(=O)N3CCn4c(cnc4C)C3)c[nH]c12. The number of aryl methyl sites for hydroxylation is 2. The Morgan fingerprint density at radius 3 is 3.00 bits per heavy atom. The first-order valence-electron chi connectivity index (χ1n) is 8.54. The second kappa shape index (κ2) is 5.82. The van der Waals surface area contributed by atoms with Crippen molar-refractivity contribution in [2.45, 2.75) is 39.8 Å². The molecule has 0 spiro atoms. The molecule has 1 aromatic carbocycles. The number of amides is 1. The van der Waals surface area contributed by atoms with Crippen LogP contribution in [0.15, 0.2) is 30.6 Å². The van der Waals surface area contributed by atoms with Gasteiger partial charge in [-0.25, -0.2) is 4.98 Å². The minimum atomic E-state index is 0.183. The summed E-state index contributed by atoms with van der Waals surface area (Å²) in [5.41, 5.74) is 4.67. The van der Waals surface area contributed by atoms with E-state index in [0.29, 0.717) is 13.0 Å². The van der Waals surface area contributed by atoms with Crippen LogP contribution in [0.2, 0.25) is 0 Å². The molecule has 3 heterocycles. The molecule has 0 aliphatic carbocycles. The molecule has 0 unspecified atom stereocenters. The molecule has 2 aromatic heterocycles. The van der Waals surface area contributed by atoms with Gasteiger partial charge in [0.25, 0.3) is 0 Å². The predicted molar refractivity (Wildman–Crippen MR) is 93.8 cm³/mol. The molecule has 1 aliphatic heterocycles. The Balaban J connectivity index is 1.55. The molecule has 5 nitrogen and oxygen atoms in total. The first kappa shape index (κ1) is 15.0. The fourth-order valence-corrected chi connectivity index (χ4v) is 3.65. The summed E-state index contributed by atoms with van der Waals surface area (Å²) in [7, 11) is 0. The van der Waals surface area contributed by atoms with E-state index in [0.717, 1.165) is 42.1 Å². The summed E-state index contributed by atoms with van der Waals surface area (Å²) < 4.78 is 2.20. The number of benzene rings is 1. The molecule has 124 valence electrons. The first-order chi connectivity index (χ1) is 11.7. The Bertz CT molecular complexity index is 905. The van der Waals surface area contributed by atoms with Crippen LogP contribution in [-0.2, 0) is 30.7 Å². The fourth-order valence-electron chi connectivity index (χ4n) is 3.65. The third kappa shape index (κ3) is 2.40. The van der Waals surface area contributed by atoms with Gasteiger partial charge in [-0.2, -0.15) is 0 Å². The summed E-state index contributed by atoms with van der Waals surface area (Å²) in [6.07, 6.45) is 5.30. The maximum Gasteiger partial charge on any atom is 0.227 e. The molecule has 1 N–H and O–H groups in total. The molecule has 0 saturated heterocycles. The zero-order valence-electron chi connectivity index (χ0n) is 14.2. The molecule has 0 fully saturated rings. The summed E-state index contributed by atoms with van der Waals surface area (Å²) in [5, 5.41) is 1.17. The van der Waals surface area contributed by atoms with Crippen LogP contribution in [0.25, 0.3) is 10.9 Å². The minimum Gasteiger partial charge on any atom is -0.361 e. The highest BCUT2D eigenvalue weighted by Crippen LogP contribution is 2.24. The first-order valence-corrected chi connectivity index (χ1v) is 8.54. The topological polar surface area (TPSA) is 53.9 Å². The van der Waals surface area contributed by atoms with Gasteiger partial charge in [0.05, 0.1) is 24.9 Å². The normalized spacial score (nSPS) is 14.2. The van der Waals surface area contributed by atoms with E-state index in [-0.39, 0.29) is 5.91 Å². The second-order valence-corrected chi connectivity index (χ2v) is 6.45. The molecule has 0 saturated carbocycles. The van der Waals surface area contributed by atoms with Crippen LogP contribution in [0.4, 0.5) is 0 Å². The Labute approximate surface area is 141 Å². The quantitative estimate of drug-likeness (QED) is 0.806. The molecule has 0 atom stereocenters. The number of fused-ring (bicyclic) bond motifs is 2. The Morgan fingerprint density at radius 1 is 1.29 bits per heavy atom. The van der Waals surface area contributed by atoms with Crippen LogP contribution in [0.1, 0.15) is 29.6 Å². The number of rotatable bonds is 3. The number of aromatic amines is 1.